The van der Waals surface area contributed by atoms with Gasteiger partial charge in [-0.05, 0) is 24.5 Å². The van der Waals surface area contributed by atoms with Crippen LogP contribution in [-0.2, 0) is 0 Å². The fourth-order valence-electron chi connectivity index (χ4n) is 2.64. The summed E-state index contributed by atoms with van der Waals surface area (Å²) in [7, 11) is 0. The van der Waals surface area contributed by atoms with E-state index in [-0.39, 0.29) is 6.61 Å². The zero-order chi connectivity index (χ0) is 13.7. The maximum Gasteiger partial charge on any atom is 0.155 e. The molecule has 3 nitrogen and oxygen atoms in total. The lowest BCUT2D eigenvalue weighted by molar-refractivity contribution is 0.0846. The molecule has 0 bridgehead atoms. The average molecular weight is 283 g/mol. The number of carbonyl (C=O) groups is 1. The molecule has 0 spiro atoms. The van der Waals surface area contributed by atoms with Crippen molar-refractivity contribution in [2.75, 3.05) is 6.61 Å². The summed E-state index contributed by atoms with van der Waals surface area (Å²) in [6.45, 7) is 0.206. The maximum absolute atomic E-state index is 10.9. The molecule has 0 amide bonds. The van der Waals surface area contributed by atoms with Gasteiger partial charge in [0, 0.05) is 0 Å². The molecule has 1 aliphatic rings. The van der Waals surface area contributed by atoms with E-state index in [4.69, 9.17) is 16.3 Å². The largest absolute Gasteiger partial charge is 0.490 e. The normalized spacial score (nSPS) is 17.4. The molecule has 1 saturated carbocycles. The summed E-state index contributed by atoms with van der Waals surface area (Å²) in [5.41, 5.74) is 0.345. The molecule has 1 aromatic rings. The number of aliphatic hydroxyl groups excluding tert-OH is 1. The summed E-state index contributed by atoms with van der Waals surface area (Å²) in [4.78, 5) is 10.9. The van der Waals surface area contributed by atoms with Crippen molar-refractivity contribution in [3.05, 3.63) is 28.8 Å². The summed E-state index contributed by atoms with van der Waals surface area (Å²) in [6, 6.07) is 5.07. The van der Waals surface area contributed by atoms with Gasteiger partial charge in [-0.2, -0.15) is 0 Å². The molecule has 0 saturated heterocycles. The number of benzene rings is 1. The van der Waals surface area contributed by atoms with Crippen molar-refractivity contribution in [1.82, 2.24) is 0 Å². The van der Waals surface area contributed by atoms with Crippen molar-refractivity contribution in [2.24, 2.45) is 5.92 Å². The zero-order valence-electron chi connectivity index (χ0n) is 10.8. The molecule has 4 heteroatoms. The minimum atomic E-state index is -0.485. The Hall–Kier alpha value is -1.06. The molecular weight excluding hydrogens is 264 g/mol. The van der Waals surface area contributed by atoms with Crippen LogP contribution in [0.1, 0.15) is 42.5 Å². The van der Waals surface area contributed by atoms with Crippen LogP contribution in [-0.4, -0.2) is 24.1 Å². The van der Waals surface area contributed by atoms with Crippen LogP contribution in [0, 0.1) is 5.92 Å². The Morgan fingerprint density at radius 3 is 2.84 bits per heavy atom. The molecule has 1 atom stereocenters. The highest BCUT2D eigenvalue weighted by Gasteiger charge is 2.19. The van der Waals surface area contributed by atoms with Gasteiger partial charge in [-0.25, -0.2) is 0 Å². The first-order valence-corrected chi connectivity index (χ1v) is 7.13. The topological polar surface area (TPSA) is 46.5 Å². The molecule has 2 rings (SSSR count). The van der Waals surface area contributed by atoms with Crippen LogP contribution in [0.15, 0.2) is 18.2 Å². The Bertz CT molecular complexity index is 427. The van der Waals surface area contributed by atoms with Crippen molar-refractivity contribution in [2.45, 2.75) is 38.2 Å². The van der Waals surface area contributed by atoms with Crippen LogP contribution in [0.25, 0.3) is 0 Å². The summed E-state index contributed by atoms with van der Waals surface area (Å²) < 4.78 is 5.52. The van der Waals surface area contributed by atoms with Crippen molar-refractivity contribution < 1.29 is 14.6 Å². The van der Waals surface area contributed by atoms with Crippen molar-refractivity contribution >= 4 is 17.9 Å². The van der Waals surface area contributed by atoms with Gasteiger partial charge in [0.25, 0.3) is 0 Å². The SMILES string of the molecule is O=Cc1c(Cl)cccc1OCC(O)CC1CCCC1. The molecule has 0 radical (unpaired) electrons. The Morgan fingerprint density at radius 2 is 2.16 bits per heavy atom. The fraction of sp³-hybridized carbons (Fsp3) is 0.533. The summed E-state index contributed by atoms with van der Waals surface area (Å²) in [5, 5.41) is 10.3. The molecule has 19 heavy (non-hydrogen) atoms. The van der Waals surface area contributed by atoms with Gasteiger partial charge in [-0.15, -0.1) is 0 Å². The Morgan fingerprint density at radius 1 is 1.42 bits per heavy atom. The molecule has 0 heterocycles. The van der Waals surface area contributed by atoms with Crippen LogP contribution < -0.4 is 4.74 Å². The minimum absolute atomic E-state index is 0.206. The predicted molar refractivity (Wildman–Crippen MR) is 74.9 cm³/mol. The molecule has 1 unspecified atom stereocenters. The van der Waals surface area contributed by atoms with Crippen LogP contribution in [0.2, 0.25) is 5.02 Å². The summed E-state index contributed by atoms with van der Waals surface area (Å²) in [5.74, 6) is 1.05. The van der Waals surface area contributed by atoms with E-state index >= 15 is 0 Å². The van der Waals surface area contributed by atoms with E-state index in [0.717, 1.165) is 6.42 Å². The highest BCUT2D eigenvalue weighted by Crippen LogP contribution is 2.29. The highest BCUT2D eigenvalue weighted by molar-refractivity contribution is 6.33. The van der Waals surface area contributed by atoms with Gasteiger partial charge >= 0.3 is 0 Å². The second-order valence-corrected chi connectivity index (χ2v) is 5.53. The Balaban J connectivity index is 1.87. The maximum atomic E-state index is 10.9. The van der Waals surface area contributed by atoms with Gasteiger partial charge in [0.2, 0.25) is 0 Å². The number of aliphatic hydroxyl groups is 1. The molecule has 1 fully saturated rings. The number of ether oxygens (including phenoxy) is 1. The number of rotatable bonds is 6. The van der Waals surface area contributed by atoms with Crippen LogP contribution in [0.5, 0.6) is 5.75 Å². The van der Waals surface area contributed by atoms with Crippen molar-refractivity contribution in [1.29, 1.82) is 0 Å². The number of carbonyl (C=O) groups excluding carboxylic acids is 1. The van der Waals surface area contributed by atoms with Crippen molar-refractivity contribution in [3.63, 3.8) is 0 Å². The molecule has 1 aliphatic carbocycles. The highest BCUT2D eigenvalue weighted by atomic mass is 35.5. The molecule has 1 aromatic carbocycles. The van der Waals surface area contributed by atoms with E-state index in [9.17, 15) is 9.90 Å². The smallest absolute Gasteiger partial charge is 0.155 e. The average Bonchev–Trinajstić information content (AvgIpc) is 2.89. The summed E-state index contributed by atoms with van der Waals surface area (Å²) in [6.07, 6.45) is 5.91. The lowest BCUT2D eigenvalue weighted by Crippen LogP contribution is -2.20. The van der Waals surface area contributed by atoms with Gasteiger partial charge in [0.05, 0.1) is 16.7 Å². The van der Waals surface area contributed by atoms with E-state index in [1.165, 1.54) is 25.7 Å². The molecule has 104 valence electrons. The third-order valence-corrected chi connectivity index (χ3v) is 3.97. The first kappa shape index (κ1) is 14.4. The van der Waals surface area contributed by atoms with E-state index < -0.39 is 6.10 Å². The predicted octanol–water partition coefficient (Wildman–Crippen LogP) is 3.47. The van der Waals surface area contributed by atoms with Crippen LogP contribution >= 0.6 is 11.6 Å². The van der Waals surface area contributed by atoms with E-state index in [0.29, 0.717) is 28.5 Å². The third kappa shape index (κ3) is 3.95. The zero-order valence-corrected chi connectivity index (χ0v) is 11.6. The van der Waals surface area contributed by atoms with Gasteiger partial charge in [0.1, 0.15) is 12.4 Å². The summed E-state index contributed by atoms with van der Waals surface area (Å²) >= 11 is 5.91. The van der Waals surface area contributed by atoms with E-state index in [1.807, 2.05) is 0 Å². The molecular formula is C15H19ClO3. The van der Waals surface area contributed by atoms with Gasteiger partial charge < -0.3 is 9.84 Å². The molecule has 0 aromatic heterocycles. The Kier molecular flexibility index (Phi) is 5.23. The van der Waals surface area contributed by atoms with E-state index in [2.05, 4.69) is 0 Å². The standard InChI is InChI=1S/C15H19ClO3/c16-14-6-3-7-15(13(14)9-17)19-10-12(18)8-11-4-1-2-5-11/h3,6-7,9,11-12,18H,1-2,4-5,8,10H2. The van der Waals surface area contributed by atoms with E-state index in [1.54, 1.807) is 18.2 Å². The van der Waals surface area contributed by atoms with Gasteiger partial charge in [0.15, 0.2) is 6.29 Å². The molecule has 0 aliphatic heterocycles. The fourth-order valence-corrected chi connectivity index (χ4v) is 2.85. The minimum Gasteiger partial charge on any atom is -0.490 e. The monoisotopic (exact) mass is 282 g/mol. The first-order chi connectivity index (χ1) is 9.20. The second kappa shape index (κ2) is 6.92. The number of hydrogen-bond donors (Lipinski definition) is 1. The number of aldehydes is 1. The van der Waals surface area contributed by atoms with Crippen LogP contribution in [0.3, 0.4) is 0 Å². The molecule has 1 N–H and O–H groups in total. The third-order valence-electron chi connectivity index (χ3n) is 3.64. The number of hydrogen-bond acceptors (Lipinski definition) is 3. The van der Waals surface area contributed by atoms with Gasteiger partial charge in [-0.3, -0.25) is 4.79 Å². The lowest BCUT2D eigenvalue weighted by Gasteiger charge is -2.17. The number of halogens is 1. The lowest BCUT2D eigenvalue weighted by atomic mass is 10.0. The van der Waals surface area contributed by atoms with Gasteiger partial charge in [-0.1, -0.05) is 43.4 Å². The first-order valence-electron chi connectivity index (χ1n) is 6.75. The Labute approximate surface area is 118 Å². The van der Waals surface area contributed by atoms with Crippen molar-refractivity contribution in [3.8, 4) is 5.75 Å². The second-order valence-electron chi connectivity index (χ2n) is 5.12. The van der Waals surface area contributed by atoms with Crippen LogP contribution in [0.4, 0.5) is 0 Å². The quantitative estimate of drug-likeness (QED) is 0.813.